The summed E-state index contributed by atoms with van der Waals surface area (Å²) >= 11 is 0. The minimum absolute atomic E-state index is 0.0133. The molecule has 1 aromatic rings. The molecule has 2 N–H and O–H groups in total. The highest BCUT2D eigenvalue weighted by atomic mass is 16.5. The first kappa shape index (κ1) is 26.8. The SMILES string of the molecule is CCC(=O)N1C[C@@H](C)[C@@H](OC)CN(C)C(=O)c2cc(NC(=O)NC3CCCC3)ccc2OC[C@H]1C. The Morgan fingerprint density at radius 1 is 1.17 bits per heavy atom. The van der Waals surface area contributed by atoms with E-state index in [9.17, 15) is 14.4 Å². The summed E-state index contributed by atoms with van der Waals surface area (Å²) < 4.78 is 11.8. The maximum atomic E-state index is 13.4. The Morgan fingerprint density at radius 3 is 2.54 bits per heavy atom. The monoisotopic (exact) mass is 488 g/mol. The van der Waals surface area contributed by atoms with Crippen LogP contribution in [0.25, 0.3) is 0 Å². The number of ether oxygens (including phenoxy) is 2. The summed E-state index contributed by atoms with van der Waals surface area (Å²) in [5.41, 5.74) is 0.874. The molecule has 0 unspecified atom stereocenters. The van der Waals surface area contributed by atoms with E-state index in [4.69, 9.17) is 9.47 Å². The second kappa shape index (κ2) is 12.2. The average Bonchev–Trinajstić information content (AvgIpc) is 3.35. The number of amides is 4. The molecule has 3 atom stereocenters. The third-order valence-electron chi connectivity index (χ3n) is 7.02. The Bertz CT molecular complexity index is 902. The van der Waals surface area contributed by atoms with Crippen molar-refractivity contribution in [2.24, 2.45) is 5.92 Å². The minimum Gasteiger partial charge on any atom is -0.491 e. The van der Waals surface area contributed by atoms with Crippen LogP contribution in [-0.4, -0.2) is 79.7 Å². The van der Waals surface area contributed by atoms with Gasteiger partial charge >= 0.3 is 6.03 Å². The number of benzene rings is 1. The van der Waals surface area contributed by atoms with E-state index in [0.717, 1.165) is 25.7 Å². The predicted octanol–water partition coefficient (Wildman–Crippen LogP) is 3.49. The number of urea groups is 1. The summed E-state index contributed by atoms with van der Waals surface area (Å²) in [7, 11) is 3.35. The normalized spacial score (nSPS) is 24.1. The topological polar surface area (TPSA) is 100 Å². The summed E-state index contributed by atoms with van der Waals surface area (Å²) in [5, 5.41) is 5.85. The Morgan fingerprint density at radius 2 is 1.89 bits per heavy atom. The smallest absolute Gasteiger partial charge is 0.319 e. The number of hydrogen-bond donors (Lipinski definition) is 2. The summed E-state index contributed by atoms with van der Waals surface area (Å²) in [4.78, 5) is 42.0. The highest BCUT2D eigenvalue weighted by molar-refractivity contribution is 5.99. The van der Waals surface area contributed by atoms with Crippen molar-refractivity contribution in [3.05, 3.63) is 23.8 Å². The molecule has 9 nitrogen and oxygen atoms in total. The fourth-order valence-corrected chi connectivity index (χ4v) is 4.83. The molecular weight excluding hydrogens is 448 g/mol. The number of hydrogen-bond acceptors (Lipinski definition) is 5. The molecule has 1 aliphatic carbocycles. The molecule has 4 amide bonds. The van der Waals surface area contributed by atoms with Gasteiger partial charge in [0.15, 0.2) is 0 Å². The predicted molar refractivity (Wildman–Crippen MR) is 135 cm³/mol. The maximum Gasteiger partial charge on any atom is 0.319 e. The van der Waals surface area contributed by atoms with Gasteiger partial charge in [0.2, 0.25) is 5.91 Å². The number of nitrogens with zero attached hydrogens (tertiary/aromatic N) is 2. The van der Waals surface area contributed by atoms with Gasteiger partial charge in [-0.3, -0.25) is 9.59 Å². The summed E-state index contributed by atoms with van der Waals surface area (Å²) in [5.74, 6) is 0.266. The van der Waals surface area contributed by atoms with Crippen molar-refractivity contribution in [1.29, 1.82) is 0 Å². The molecule has 194 valence electrons. The van der Waals surface area contributed by atoms with E-state index in [1.165, 1.54) is 0 Å². The molecule has 0 bridgehead atoms. The van der Waals surface area contributed by atoms with E-state index < -0.39 is 0 Å². The van der Waals surface area contributed by atoms with Crippen LogP contribution >= 0.6 is 0 Å². The van der Waals surface area contributed by atoms with E-state index in [1.807, 2.05) is 25.7 Å². The van der Waals surface area contributed by atoms with E-state index in [2.05, 4.69) is 10.6 Å². The van der Waals surface area contributed by atoms with E-state index >= 15 is 0 Å². The third kappa shape index (κ3) is 6.87. The van der Waals surface area contributed by atoms with Gasteiger partial charge in [-0.15, -0.1) is 0 Å². The zero-order chi connectivity index (χ0) is 25.5. The van der Waals surface area contributed by atoms with Gasteiger partial charge in [-0.05, 0) is 38.0 Å². The van der Waals surface area contributed by atoms with Crippen LogP contribution in [0.3, 0.4) is 0 Å². The van der Waals surface area contributed by atoms with E-state index in [1.54, 1.807) is 37.3 Å². The number of carbonyl (C=O) groups excluding carboxylic acids is 3. The summed E-state index contributed by atoms with van der Waals surface area (Å²) in [6.07, 6.45) is 4.39. The molecule has 3 rings (SSSR count). The second-order valence-corrected chi connectivity index (χ2v) is 9.79. The largest absolute Gasteiger partial charge is 0.491 e. The molecule has 9 heteroatoms. The number of fused-ring (bicyclic) bond motifs is 1. The molecule has 1 aromatic carbocycles. The lowest BCUT2D eigenvalue weighted by Gasteiger charge is -2.36. The van der Waals surface area contributed by atoms with Crippen LogP contribution in [0.5, 0.6) is 5.75 Å². The van der Waals surface area contributed by atoms with Gasteiger partial charge in [0, 0.05) is 51.3 Å². The van der Waals surface area contributed by atoms with Gasteiger partial charge in [-0.25, -0.2) is 4.79 Å². The second-order valence-electron chi connectivity index (χ2n) is 9.79. The first-order valence-corrected chi connectivity index (χ1v) is 12.7. The first-order valence-electron chi connectivity index (χ1n) is 12.7. The molecule has 1 saturated carbocycles. The summed E-state index contributed by atoms with van der Waals surface area (Å²) in [6, 6.07) is 4.82. The van der Waals surface area contributed by atoms with Crippen LogP contribution in [0.1, 0.15) is 63.2 Å². The van der Waals surface area contributed by atoms with Gasteiger partial charge in [-0.1, -0.05) is 26.7 Å². The molecule has 2 aliphatic rings. The van der Waals surface area contributed by atoms with Crippen LogP contribution in [0.15, 0.2) is 18.2 Å². The molecule has 0 radical (unpaired) electrons. The number of carbonyl (C=O) groups is 3. The highest BCUT2D eigenvalue weighted by Crippen LogP contribution is 2.27. The Balaban J connectivity index is 1.87. The Labute approximate surface area is 208 Å². The number of rotatable bonds is 4. The molecule has 0 aromatic heterocycles. The standard InChI is InChI=1S/C26H40N4O5/c1-6-24(31)30-14-17(2)23(34-5)15-29(4)25(32)21-13-20(11-12-22(21)35-16-18(30)3)28-26(33)27-19-9-7-8-10-19/h11-13,17-19,23H,6-10,14-16H2,1-5H3,(H2,27,28,33)/t17-,18-,23+/m1/s1. The number of anilines is 1. The van der Waals surface area contributed by atoms with Gasteiger partial charge in [0.1, 0.15) is 12.4 Å². The lowest BCUT2D eigenvalue weighted by Crippen LogP contribution is -2.48. The van der Waals surface area contributed by atoms with Gasteiger partial charge < -0.3 is 29.9 Å². The van der Waals surface area contributed by atoms with Crippen molar-refractivity contribution in [1.82, 2.24) is 15.1 Å². The van der Waals surface area contributed by atoms with Crippen molar-refractivity contribution in [3.63, 3.8) is 0 Å². The molecule has 1 aliphatic heterocycles. The lowest BCUT2D eigenvalue weighted by molar-refractivity contribution is -0.135. The third-order valence-corrected chi connectivity index (χ3v) is 7.02. The zero-order valence-electron chi connectivity index (χ0n) is 21.6. The highest BCUT2D eigenvalue weighted by Gasteiger charge is 2.30. The maximum absolute atomic E-state index is 13.4. The lowest BCUT2D eigenvalue weighted by atomic mass is 10.0. The van der Waals surface area contributed by atoms with Crippen LogP contribution in [0.2, 0.25) is 0 Å². The van der Waals surface area contributed by atoms with Crippen molar-refractivity contribution >= 4 is 23.5 Å². The van der Waals surface area contributed by atoms with Crippen LogP contribution in [0, 0.1) is 5.92 Å². The van der Waals surface area contributed by atoms with E-state index in [0.29, 0.717) is 36.5 Å². The van der Waals surface area contributed by atoms with Crippen molar-refractivity contribution in [2.45, 2.75) is 71.1 Å². The van der Waals surface area contributed by atoms with Crippen molar-refractivity contribution < 1.29 is 23.9 Å². The first-order chi connectivity index (χ1) is 16.7. The average molecular weight is 489 g/mol. The van der Waals surface area contributed by atoms with Crippen molar-refractivity contribution in [3.8, 4) is 5.75 Å². The molecular formula is C26H40N4O5. The van der Waals surface area contributed by atoms with Gasteiger partial charge in [-0.2, -0.15) is 0 Å². The van der Waals surface area contributed by atoms with Crippen LogP contribution in [-0.2, 0) is 9.53 Å². The molecule has 35 heavy (non-hydrogen) atoms. The molecule has 1 fully saturated rings. The van der Waals surface area contributed by atoms with Gasteiger partial charge in [0.05, 0.1) is 17.7 Å². The quantitative estimate of drug-likeness (QED) is 0.676. The fraction of sp³-hybridized carbons (Fsp3) is 0.654. The zero-order valence-corrected chi connectivity index (χ0v) is 21.6. The molecule has 0 spiro atoms. The van der Waals surface area contributed by atoms with Gasteiger partial charge in [0.25, 0.3) is 5.91 Å². The number of methoxy groups -OCH3 is 1. The Kier molecular flexibility index (Phi) is 9.37. The molecule has 1 heterocycles. The van der Waals surface area contributed by atoms with Crippen LogP contribution < -0.4 is 15.4 Å². The Hall–Kier alpha value is -2.81. The van der Waals surface area contributed by atoms with E-state index in [-0.39, 0.29) is 48.6 Å². The van der Waals surface area contributed by atoms with Crippen molar-refractivity contribution in [2.75, 3.05) is 39.2 Å². The fourth-order valence-electron chi connectivity index (χ4n) is 4.83. The number of likely N-dealkylation sites (N-methyl/N-ethyl adjacent to an activating group) is 1. The minimum atomic E-state index is -0.276. The van der Waals surface area contributed by atoms with Crippen LogP contribution in [0.4, 0.5) is 10.5 Å². The summed E-state index contributed by atoms with van der Waals surface area (Å²) in [6.45, 7) is 6.95. The number of nitrogens with one attached hydrogen (secondary N) is 2. The molecule has 0 saturated heterocycles.